The molecule has 1 heterocycles. The fraction of sp³-hybridized carbons (Fsp3) is 0.294. The van der Waals surface area contributed by atoms with Gasteiger partial charge in [-0.1, -0.05) is 35.9 Å². The van der Waals surface area contributed by atoms with Crippen molar-refractivity contribution in [3.05, 3.63) is 58.6 Å². The minimum absolute atomic E-state index is 0.0205. The molecule has 3 rings (SSSR count). The van der Waals surface area contributed by atoms with Crippen LogP contribution < -0.4 is 9.47 Å². The molecule has 0 saturated carbocycles. The molecule has 0 aromatic heterocycles. The van der Waals surface area contributed by atoms with Gasteiger partial charge in [0.15, 0.2) is 0 Å². The summed E-state index contributed by atoms with van der Waals surface area (Å²) in [6, 6.07) is 13.4. The molecule has 1 aliphatic heterocycles. The van der Waals surface area contributed by atoms with E-state index in [1.165, 1.54) is 5.56 Å². The summed E-state index contributed by atoms with van der Waals surface area (Å²) >= 11 is 6.17. The Morgan fingerprint density at radius 3 is 2.90 bits per heavy atom. The number of benzene rings is 2. The van der Waals surface area contributed by atoms with Gasteiger partial charge < -0.3 is 14.6 Å². The van der Waals surface area contributed by atoms with Crippen molar-refractivity contribution in [3.8, 4) is 11.5 Å². The van der Waals surface area contributed by atoms with Crippen LogP contribution in [0.4, 0.5) is 0 Å². The van der Waals surface area contributed by atoms with Crippen LogP contribution in [-0.4, -0.2) is 18.3 Å². The number of aliphatic hydroxyl groups excluding tert-OH is 1. The second-order valence-corrected chi connectivity index (χ2v) is 5.51. The average molecular weight is 305 g/mol. The second kappa shape index (κ2) is 6.37. The molecule has 0 fully saturated rings. The zero-order valence-electron chi connectivity index (χ0n) is 11.6. The minimum atomic E-state index is -0.0205. The van der Waals surface area contributed by atoms with E-state index in [2.05, 4.69) is 6.07 Å². The van der Waals surface area contributed by atoms with Gasteiger partial charge in [0.05, 0.1) is 24.8 Å². The first-order valence-electron chi connectivity index (χ1n) is 7.01. The Kier molecular flexibility index (Phi) is 4.32. The van der Waals surface area contributed by atoms with Crippen LogP contribution in [0.25, 0.3) is 0 Å². The summed E-state index contributed by atoms with van der Waals surface area (Å²) in [6.07, 6.45) is 0.934. The maximum absolute atomic E-state index is 9.08. The zero-order chi connectivity index (χ0) is 14.7. The van der Waals surface area contributed by atoms with E-state index in [0.717, 1.165) is 17.7 Å². The van der Waals surface area contributed by atoms with E-state index in [0.29, 0.717) is 29.9 Å². The molecule has 0 saturated heterocycles. The number of rotatable bonds is 4. The van der Waals surface area contributed by atoms with Gasteiger partial charge in [0.1, 0.15) is 11.5 Å². The van der Waals surface area contributed by atoms with Gasteiger partial charge in [0.25, 0.3) is 0 Å². The molecule has 110 valence electrons. The first-order valence-corrected chi connectivity index (χ1v) is 7.39. The lowest BCUT2D eigenvalue weighted by atomic mass is 9.94. The Morgan fingerprint density at radius 1 is 1.24 bits per heavy atom. The van der Waals surface area contributed by atoms with Crippen LogP contribution in [0.15, 0.2) is 42.5 Å². The largest absolute Gasteiger partial charge is 0.493 e. The van der Waals surface area contributed by atoms with Crippen molar-refractivity contribution in [3.63, 3.8) is 0 Å². The quantitative estimate of drug-likeness (QED) is 0.934. The predicted molar refractivity (Wildman–Crippen MR) is 82.2 cm³/mol. The first-order chi connectivity index (χ1) is 10.3. The smallest absolute Gasteiger partial charge is 0.137 e. The highest BCUT2D eigenvalue weighted by molar-refractivity contribution is 6.32. The normalized spacial score (nSPS) is 17.0. The van der Waals surface area contributed by atoms with Crippen molar-refractivity contribution in [2.24, 2.45) is 0 Å². The summed E-state index contributed by atoms with van der Waals surface area (Å²) < 4.78 is 11.5. The van der Waals surface area contributed by atoms with Crippen LogP contribution in [0.2, 0.25) is 5.02 Å². The average Bonchev–Trinajstić information content (AvgIpc) is 2.53. The summed E-state index contributed by atoms with van der Waals surface area (Å²) in [6.45, 7) is 1.26. The Labute approximate surface area is 129 Å². The van der Waals surface area contributed by atoms with Gasteiger partial charge in [-0.2, -0.15) is 0 Å². The second-order valence-electron chi connectivity index (χ2n) is 5.11. The molecule has 2 aromatic rings. The third-order valence-corrected chi connectivity index (χ3v) is 4.00. The summed E-state index contributed by atoms with van der Waals surface area (Å²) in [5, 5.41) is 9.61. The molecule has 0 amide bonds. The van der Waals surface area contributed by atoms with Gasteiger partial charge in [0.2, 0.25) is 0 Å². The minimum Gasteiger partial charge on any atom is -0.493 e. The van der Waals surface area contributed by atoms with Crippen LogP contribution in [0.1, 0.15) is 23.5 Å². The SMILES string of the molecule is OCc1ccc(OCC2CCOc3ccccc32)c(Cl)c1. The Hall–Kier alpha value is -1.71. The molecule has 3 nitrogen and oxygen atoms in total. The highest BCUT2D eigenvalue weighted by Crippen LogP contribution is 2.34. The van der Waals surface area contributed by atoms with Crippen molar-refractivity contribution in [2.75, 3.05) is 13.2 Å². The van der Waals surface area contributed by atoms with Crippen LogP contribution >= 0.6 is 11.6 Å². The summed E-state index contributed by atoms with van der Waals surface area (Å²) in [5.74, 6) is 1.90. The number of aliphatic hydroxyl groups is 1. The van der Waals surface area contributed by atoms with Gasteiger partial charge in [-0.15, -0.1) is 0 Å². The number of ether oxygens (including phenoxy) is 2. The van der Waals surface area contributed by atoms with Crippen LogP contribution in [0.5, 0.6) is 11.5 Å². The van der Waals surface area contributed by atoms with E-state index in [9.17, 15) is 0 Å². The molecule has 0 spiro atoms. The summed E-state index contributed by atoms with van der Waals surface area (Å²) in [5.41, 5.74) is 1.97. The molecule has 21 heavy (non-hydrogen) atoms. The lowest BCUT2D eigenvalue weighted by Gasteiger charge is -2.26. The molecule has 1 atom stereocenters. The van der Waals surface area contributed by atoms with Crippen LogP contribution in [0.3, 0.4) is 0 Å². The van der Waals surface area contributed by atoms with Crippen LogP contribution in [0, 0.1) is 0 Å². The zero-order valence-corrected chi connectivity index (χ0v) is 12.3. The Morgan fingerprint density at radius 2 is 2.10 bits per heavy atom. The highest BCUT2D eigenvalue weighted by Gasteiger charge is 2.21. The van der Waals surface area contributed by atoms with E-state index in [4.69, 9.17) is 26.2 Å². The third kappa shape index (κ3) is 3.14. The highest BCUT2D eigenvalue weighted by atomic mass is 35.5. The molecule has 2 aromatic carbocycles. The van der Waals surface area contributed by atoms with Crippen LogP contribution in [-0.2, 0) is 6.61 Å². The first kappa shape index (κ1) is 14.2. The van der Waals surface area contributed by atoms with E-state index in [1.54, 1.807) is 12.1 Å². The topological polar surface area (TPSA) is 38.7 Å². The number of hydrogen-bond acceptors (Lipinski definition) is 3. The maximum atomic E-state index is 9.08. The molecule has 1 N–H and O–H groups in total. The molecular formula is C17H17ClO3. The molecule has 0 radical (unpaired) electrons. The summed E-state index contributed by atoms with van der Waals surface area (Å²) in [7, 11) is 0. The van der Waals surface area contributed by atoms with Crippen molar-refractivity contribution < 1.29 is 14.6 Å². The fourth-order valence-corrected chi connectivity index (χ4v) is 2.80. The van der Waals surface area contributed by atoms with E-state index < -0.39 is 0 Å². The number of halogens is 1. The maximum Gasteiger partial charge on any atom is 0.137 e. The standard InChI is InChI=1S/C17H17ClO3/c18-15-9-12(10-19)5-6-17(15)21-11-13-7-8-20-16-4-2-1-3-14(13)16/h1-6,9,13,19H,7-8,10-11H2. The van der Waals surface area contributed by atoms with Crippen molar-refractivity contribution in [1.82, 2.24) is 0 Å². The fourth-order valence-electron chi connectivity index (χ4n) is 2.54. The van der Waals surface area contributed by atoms with Gasteiger partial charge in [-0.05, 0) is 30.2 Å². The summed E-state index contributed by atoms with van der Waals surface area (Å²) in [4.78, 5) is 0. The van der Waals surface area contributed by atoms with Gasteiger partial charge in [-0.25, -0.2) is 0 Å². The van der Waals surface area contributed by atoms with E-state index in [1.807, 2.05) is 24.3 Å². The molecule has 4 heteroatoms. The lowest BCUT2D eigenvalue weighted by molar-refractivity contribution is 0.217. The molecular weight excluding hydrogens is 288 g/mol. The van der Waals surface area contributed by atoms with E-state index in [-0.39, 0.29) is 6.61 Å². The van der Waals surface area contributed by atoms with Crippen molar-refractivity contribution >= 4 is 11.6 Å². The molecule has 1 unspecified atom stereocenters. The van der Waals surface area contributed by atoms with Crippen molar-refractivity contribution in [1.29, 1.82) is 0 Å². The van der Waals surface area contributed by atoms with Gasteiger partial charge in [0, 0.05) is 11.5 Å². The predicted octanol–water partition coefficient (Wildman–Crippen LogP) is 3.78. The number of fused-ring (bicyclic) bond motifs is 1. The monoisotopic (exact) mass is 304 g/mol. The van der Waals surface area contributed by atoms with Crippen molar-refractivity contribution in [2.45, 2.75) is 18.9 Å². The third-order valence-electron chi connectivity index (χ3n) is 3.70. The Balaban J connectivity index is 1.71. The van der Waals surface area contributed by atoms with E-state index >= 15 is 0 Å². The Bertz CT molecular complexity index is 627. The molecule has 0 aliphatic carbocycles. The van der Waals surface area contributed by atoms with Gasteiger partial charge in [-0.3, -0.25) is 0 Å². The number of hydrogen-bond donors (Lipinski definition) is 1. The van der Waals surface area contributed by atoms with Gasteiger partial charge >= 0.3 is 0 Å². The molecule has 1 aliphatic rings. The number of para-hydroxylation sites is 1. The molecule has 0 bridgehead atoms. The lowest BCUT2D eigenvalue weighted by Crippen LogP contribution is -2.19.